The van der Waals surface area contributed by atoms with E-state index in [4.69, 9.17) is 5.11 Å². The van der Waals surface area contributed by atoms with Crippen LogP contribution >= 0.6 is 0 Å². The van der Waals surface area contributed by atoms with Gasteiger partial charge in [0, 0.05) is 18.7 Å². The highest BCUT2D eigenvalue weighted by atomic mass is 16.4. The Hall–Kier alpha value is -2.44. The molecule has 1 N–H and O–H groups in total. The minimum absolute atomic E-state index is 0.678. The summed E-state index contributed by atoms with van der Waals surface area (Å²) in [6.07, 6.45) is 5.52. The molecule has 0 bridgehead atoms. The van der Waals surface area contributed by atoms with Gasteiger partial charge >= 0.3 is 5.97 Å². The first-order valence-electron chi connectivity index (χ1n) is 4.89. The first-order valence-corrected chi connectivity index (χ1v) is 4.89. The molecular weight excluding hydrogens is 222 g/mol. The number of rotatable bonds is 3. The zero-order chi connectivity index (χ0) is 12.4. The van der Waals surface area contributed by atoms with Crippen molar-refractivity contribution in [3.63, 3.8) is 0 Å². The van der Waals surface area contributed by atoms with Crippen LogP contribution in [0.2, 0.25) is 0 Å². The number of aliphatic carboxylic acids is 1. The van der Waals surface area contributed by atoms with E-state index in [0.717, 1.165) is 11.8 Å². The van der Waals surface area contributed by atoms with E-state index >= 15 is 0 Å². The number of carboxylic acids is 1. The van der Waals surface area contributed by atoms with Gasteiger partial charge in [-0.15, -0.1) is 0 Å². The topological polar surface area (TPSA) is 85.8 Å². The number of carbonyl (C=O) groups is 1. The molecule has 0 unspecified atom stereocenters. The SMILES string of the molecule is Cc1nn(C)c(-n2cncn2)c1/C=C/C(=O)O. The predicted octanol–water partition coefficient (Wildman–Crippen LogP) is 0.407. The molecule has 17 heavy (non-hydrogen) atoms. The highest BCUT2D eigenvalue weighted by Crippen LogP contribution is 2.18. The molecule has 2 heterocycles. The van der Waals surface area contributed by atoms with Crippen LogP contribution in [0.25, 0.3) is 11.9 Å². The molecule has 0 aliphatic carbocycles. The highest BCUT2D eigenvalue weighted by Gasteiger charge is 2.13. The van der Waals surface area contributed by atoms with Gasteiger partial charge in [-0.2, -0.15) is 10.2 Å². The maximum atomic E-state index is 10.5. The minimum atomic E-state index is -1.00. The summed E-state index contributed by atoms with van der Waals surface area (Å²) in [5.74, 6) is -0.324. The summed E-state index contributed by atoms with van der Waals surface area (Å²) in [6.45, 7) is 1.81. The van der Waals surface area contributed by atoms with Crippen molar-refractivity contribution in [1.82, 2.24) is 24.5 Å². The summed E-state index contributed by atoms with van der Waals surface area (Å²) in [5, 5.41) is 16.9. The first-order chi connectivity index (χ1) is 8.09. The average molecular weight is 233 g/mol. The summed E-state index contributed by atoms with van der Waals surface area (Å²) >= 11 is 0. The van der Waals surface area contributed by atoms with Crippen molar-refractivity contribution >= 4 is 12.0 Å². The minimum Gasteiger partial charge on any atom is -0.478 e. The Labute approximate surface area is 97.0 Å². The number of hydrogen-bond acceptors (Lipinski definition) is 4. The van der Waals surface area contributed by atoms with Crippen LogP contribution in [0.4, 0.5) is 0 Å². The van der Waals surface area contributed by atoms with Crippen LogP contribution in [-0.2, 0) is 11.8 Å². The zero-order valence-electron chi connectivity index (χ0n) is 9.40. The number of aryl methyl sites for hydroxylation is 2. The van der Waals surface area contributed by atoms with Crippen LogP contribution in [0, 0.1) is 6.92 Å². The fraction of sp³-hybridized carbons (Fsp3) is 0.200. The normalized spacial score (nSPS) is 11.2. The quantitative estimate of drug-likeness (QED) is 0.776. The van der Waals surface area contributed by atoms with Crippen molar-refractivity contribution in [1.29, 1.82) is 0 Å². The molecule has 0 radical (unpaired) electrons. The Bertz CT molecular complexity index is 568. The van der Waals surface area contributed by atoms with Gasteiger partial charge in [0.1, 0.15) is 12.7 Å². The van der Waals surface area contributed by atoms with E-state index in [0.29, 0.717) is 11.4 Å². The highest BCUT2D eigenvalue weighted by molar-refractivity contribution is 5.86. The molecule has 2 aromatic heterocycles. The van der Waals surface area contributed by atoms with Crippen LogP contribution in [-0.4, -0.2) is 35.6 Å². The number of nitrogens with zero attached hydrogens (tertiary/aromatic N) is 5. The summed E-state index contributed by atoms with van der Waals surface area (Å²) in [7, 11) is 1.77. The molecule has 88 valence electrons. The van der Waals surface area contributed by atoms with Crippen molar-refractivity contribution in [2.45, 2.75) is 6.92 Å². The van der Waals surface area contributed by atoms with Gasteiger partial charge in [0.2, 0.25) is 0 Å². The molecule has 2 rings (SSSR count). The monoisotopic (exact) mass is 233 g/mol. The van der Waals surface area contributed by atoms with E-state index in [-0.39, 0.29) is 0 Å². The zero-order valence-corrected chi connectivity index (χ0v) is 9.40. The third-order valence-corrected chi connectivity index (χ3v) is 2.27. The van der Waals surface area contributed by atoms with E-state index in [1.807, 2.05) is 6.92 Å². The second-order valence-electron chi connectivity index (χ2n) is 3.46. The summed E-state index contributed by atoms with van der Waals surface area (Å²) < 4.78 is 3.17. The van der Waals surface area contributed by atoms with Crippen LogP contribution in [0.3, 0.4) is 0 Å². The molecule has 0 aliphatic rings. The Morgan fingerprint density at radius 2 is 2.29 bits per heavy atom. The van der Waals surface area contributed by atoms with Gasteiger partial charge in [0.15, 0.2) is 5.82 Å². The van der Waals surface area contributed by atoms with Crippen molar-refractivity contribution in [3.8, 4) is 5.82 Å². The molecule has 0 atom stereocenters. The number of hydrogen-bond donors (Lipinski definition) is 1. The Morgan fingerprint density at radius 3 is 2.88 bits per heavy atom. The van der Waals surface area contributed by atoms with E-state index in [2.05, 4.69) is 15.2 Å². The third kappa shape index (κ3) is 2.07. The molecule has 0 aliphatic heterocycles. The lowest BCUT2D eigenvalue weighted by Gasteiger charge is -2.01. The predicted molar refractivity (Wildman–Crippen MR) is 59.5 cm³/mol. The van der Waals surface area contributed by atoms with Crippen LogP contribution in [0.15, 0.2) is 18.7 Å². The second kappa shape index (κ2) is 4.20. The largest absolute Gasteiger partial charge is 0.478 e. The van der Waals surface area contributed by atoms with Gasteiger partial charge in [0.25, 0.3) is 0 Å². The van der Waals surface area contributed by atoms with Gasteiger partial charge in [0.05, 0.1) is 5.69 Å². The van der Waals surface area contributed by atoms with Gasteiger partial charge < -0.3 is 5.11 Å². The molecule has 0 saturated heterocycles. The fourth-order valence-electron chi connectivity index (χ4n) is 1.60. The smallest absolute Gasteiger partial charge is 0.328 e. The maximum Gasteiger partial charge on any atom is 0.328 e. The molecule has 0 aromatic carbocycles. The van der Waals surface area contributed by atoms with E-state index in [1.165, 1.54) is 18.7 Å². The van der Waals surface area contributed by atoms with Gasteiger partial charge in [-0.3, -0.25) is 4.68 Å². The van der Waals surface area contributed by atoms with Crippen LogP contribution < -0.4 is 0 Å². The van der Waals surface area contributed by atoms with Crippen molar-refractivity contribution in [2.75, 3.05) is 0 Å². The van der Waals surface area contributed by atoms with Gasteiger partial charge in [-0.05, 0) is 13.0 Å². The molecule has 0 fully saturated rings. The molecule has 0 saturated carbocycles. The first kappa shape index (κ1) is 11.1. The second-order valence-corrected chi connectivity index (χ2v) is 3.46. The van der Waals surface area contributed by atoms with Crippen molar-refractivity contribution in [3.05, 3.63) is 30.0 Å². The fourth-order valence-corrected chi connectivity index (χ4v) is 1.60. The Balaban J connectivity index is 2.55. The van der Waals surface area contributed by atoms with E-state index in [9.17, 15) is 4.79 Å². The third-order valence-electron chi connectivity index (χ3n) is 2.27. The van der Waals surface area contributed by atoms with Gasteiger partial charge in [-0.1, -0.05) is 0 Å². The molecule has 2 aromatic rings. The van der Waals surface area contributed by atoms with Crippen LogP contribution in [0.5, 0.6) is 0 Å². The molecular formula is C10H11N5O2. The van der Waals surface area contributed by atoms with E-state index < -0.39 is 5.97 Å². The van der Waals surface area contributed by atoms with Crippen molar-refractivity contribution < 1.29 is 9.90 Å². The Morgan fingerprint density at radius 1 is 1.53 bits per heavy atom. The van der Waals surface area contributed by atoms with Crippen LogP contribution in [0.1, 0.15) is 11.3 Å². The standard InChI is InChI=1S/C10H11N5O2/c1-7-8(3-4-9(16)17)10(14(2)13-7)15-6-11-5-12-15/h3-6H,1-2H3,(H,16,17)/b4-3+. The summed E-state index contributed by atoms with van der Waals surface area (Å²) in [4.78, 5) is 14.4. The lowest BCUT2D eigenvalue weighted by Crippen LogP contribution is -2.04. The molecule has 0 amide bonds. The number of carboxylic acid groups (broad SMARTS) is 1. The molecule has 0 spiro atoms. The van der Waals surface area contributed by atoms with Gasteiger partial charge in [-0.25, -0.2) is 14.5 Å². The summed E-state index contributed by atoms with van der Waals surface area (Å²) in [6, 6.07) is 0. The summed E-state index contributed by atoms with van der Waals surface area (Å²) in [5.41, 5.74) is 1.44. The maximum absolute atomic E-state index is 10.5. The van der Waals surface area contributed by atoms with E-state index in [1.54, 1.807) is 16.4 Å². The average Bonchev–Trinajstić information content (AvgIpc) is 2.83. The molecule has 7 nitrogen and oxygen atoms in total. The van der Waals surface area contributed by atoms with Crippen molar-refractivity contribution in [2.24, 2.45) is 7.05 Å². The Kier molecular flexibility index (Phi) is 2.73. The lowest BCUT2D eigenvalue weighted by atomic mass is 10.2. The number of aromatic nitrogens is 5. The lowest BCUT2D eigenvalue weighted by molar-refractivity contribution is -0.131. The molecule has 7 heteroatoms.